The first-order chi connectivity index (χ1) is 10.1. The largest absolute Gasteiger partial charge is 0.320 e. The van der Waals surface area contributed by atoms with E-state index in [9.17, 15) is 8.42 Å². The van der Waals surface area contributed by atoms with Gasteiger partial charge in [0.1, 0.15) is 0 Å². The quantitative estimate of drug-likeness (QED) is 0.800. The van der Waals surface area contributed by atoms with Gasteiger partial charge >= 0.3 is 0 Å². The molecule has 0 unspecified atom stereocenters. The van der Waals surface area contributed by atoms with Gasteiger partial charge in [-0.05, 0) is 38.4 Å². The molecule has 0 spiro atoms. The van der Waals surface area contributed by atoms with Gasteiger partial charge in [0, 0.05) is 11.9 Å². The number of nitrogens with zero attached hydrogens (tertiary/aromatic N) is 1. The number of anilines is 1. The molecule has 114 valence electrons. The molecule has 0 aliphatic heterocycles. The van der Waals surface area contributed by atoms with E-state index in [1.54, 1.807) is 0 Å². The summed E-state index contributed by atoms with van der Waals surface area (Å²) in [6.07, 6.45) is 0.611. The maximum absolute atomic E-state index is 12.6. The van der Waals surface area contributed by atoms with E-state index in [4.69, 9.17) is 0 Å². The highest BCUT2D eigenvalue weighted by atomic mass is 32.2. The van der Waals surface area contributed by atoms with E-state index in [0.29, 0.717) is 19.5 Å². The molecule has 0 bridgehead atoms. The smallest absolute Gasteiger partial charge is 0.235 e. The van der Waals surface area contributed by atoms with Crippen LogP contribution in [0.15, 0.2) is 42.5 Å². The Morgan fingerprint density at radius 3 is 2.52 bits per heavy atom. The Balaban J connectivity index is 2.40. The molecule has 21 heavy (non-hydrogen) atoms. The van der Waals surface area contributed by atoms with Crippen LogP contribution in [0.2, 0.25) is 0 Å². The van der Waals surface area contributed by atoms with E-state index >= 15 is 0 Å². The van der Waals surface area contributed by atoms with Crippen molar-refractivity contribution in [3.8, 4) is 0 Å². The molecule has 2 aromatic carbocycles. The van der Waals surface area contributed by atoms with Gasteiger partial charge in [0.15, 0.2) is 0 Å². The minimum Gasteiger partial charge on any atom is -0.320 e. The molecule has 2 aromatic rings. The lowest BCUT2D eigenvalue weighted by atomic mass is 10.1. The Morgan fingerprint density at radius 2 is 1.81 bits per heavy atom. The van der Waals surface area contributed by atoms with Crippen molar-refractivity contribution in [2.75, 3.05) is 30.2 Å². The summed E-state index contributed by atoms with van der Waals surface area (Å²) in [4.78, 5) is 0. The third kappa shape index (κ3) is 3.54. The van der Waals surface area contributed by atoms with Crippen LogP contribution in [0.4, 0.5) is 5.69 Å². The number of rotatable bonds is 7. The molecule has 0 fully saturated rings. The first-order valence-corrected chi connectivity index (χ1v) is 8.84. The van der Waals surface area contributed by atoms with Gasteiger partial charge in [0.05, 0.1) is 11.4 Å². The molecule has 0 saturated heterocycles. The fraction of sp³-hybridized carbons (Fsp3) is 0.375. The third-order valence-electron chi connectivity index (χ3n) is 3.49. The van der Waals surface area contributed by atoms with Crippen molar-refractivity contribution in [1.82, 2.24) is 5.32 Å². The topological polar surface area (TPSA) is 49.4 Å². The second kappa shape index (κ2) is 6.91. The first-order valence-electron chi connectivity index (χ1n) is 7.23. The summed E-state index contributed by atoms with van der Waals surface area (Å²) in [7, 11) is -1.47. The van der Waals surface area contributed by atoms with Gasteiger partial charge in [0.2, 0.25) is 10.0 Å². The maximum atomic E-state index is 12.6. The monoisotopic (exact) mass is 306 g/mol. The number of fused-ring (bicyclic) bond motifs is 1. The highest BCUT2D eigenvalue weighted by molar-refractivity contribution is 7.92. The molecule has 0 atom stereocenters. The maximum Gasteiger partial charge on any atom is 0.235 e. The van der Waals surface area contributed by atoms with E-state index in [1.165, 1.54) is 4.31 Å². The van der Waals surface area contributed by atoms with Crippen molar-refractivity contribution in [3.05, 3.63) is 42.5 Å². The van der Waals surface area contributed by atoms with Gasteiger partial charge in [-0.25, -0.2) is 8.42 Å². The zero-order chi connectivity index (χ0) is 15.3. The second-order valence-electron chi connectivity index (χ2n) is 4.94. The molecular formula is C16H22N2O2S. The number of benzene rings is 2. The van der Waals surface area contributed by atoms with Crippen LogP contribution in [0.5, 0.6) is 0 Å². The molecule has 0 aliphatic rings. The molecule has 2 rings (SSSR count). The molecule has 0 heterocycles. The minimum atomic E-state index is -3.30. The Bertz CT molecular complexity index is 693. The Hall–Kier alpha value is -1.59. The summed E-state index contributed by atoms with van der Waals surface area (Å²) in [6.45, 7) is 3.01. The van der Waals surface area contributed by atoms with Crippen LogP contribution < -0.4 is 9.62 Å². The summed E-state index contributed by atoms with van der Waals surface area (Å²) in [5.41, 5.74) is 0.764. The van der Waals surface area contributed by atoms with E-state index in [2.05, 4.69) is 5.32 Å². The molecule has 0 saturated carbocycles. The van der Waals surface area contributed by atoms with Gasteiger partial charge < -0.3 is 5.32 Å². The number of nitrogens with one attached hydrogen (secondary N) is 1. The normalized spacial score (nSPS) is 11.7. The number of sulfonamides is 1. The van der Waals surface area contributed by atoms with Gasteiger partial charge in [-0.15, -0.1) is 0 Å². The summed E-state index contributed by atoms with van der Waals surface area (Å²) < 4.78 is 26.7. The van der Waals surface area contributed by atoms with Gasteiger partial charge in [-0.1, -0.05) is 36.4 Å². The van der Waals surface area contributed by atoms with E-state index < -0.39 is 10.0 Å². The van der Waals surface area contributed by atoms with Crippen molar-refractivity contribution in [1.29, 1.82) is 0 Å². The molecule has 0 radical (unpaired) electrons. The summed E-state index contributed by atoms with van der Waals surface area (Å²) >= 11 is 0. The third-order valence-corrected chi connectivity index (χ3v) is 5.42. The van der Waals surface area contributed by atoms with Crippen LogP contribution in [-0.2, 0) is 10.0 Å². The fourth-order valence-corrected chi connectivity index (χ4v) is 4.07. The van der Waals surface area contributed by atoms with Crippen molar-refractivity contribution in [2.45, 2.75) is 13.3 Å². The minimum absolute atomic E-state index is 0.158. The molecule has 5 heteroatoms. The summed E-state index contributed by atoms with van der Waals surface area (Å²) in [5.74, 6) is 0.158. The number of hydrogen-bond acceptors (Lipinski definition) is 3. The van der Waals surface area contributed by atoms with E-state index in [0.717, 1.165) is 16.5 Å². The SMILES string of the molecule is CCN(c1cccc2ccccc12)S(=O)(=O)CCCNC. The van der Waals surface area contributed by atoms with Crippen molar-refractivity contribution in [3.63, 3.8) is 0 Å². The lowest BCUT2D eigenvalue weighted by molar-refractivity contribution is 0.587. The fourth-order valence-electron chi connectivity index (χ4n) is 2.48. The predicted octanol–water partition coefficient (Wildman–Crippen LogP) is 2.61. The highest BCUT2D eigenvalue weighted by Crippen LogP contribution is 2.28. The van der Waals surface area contributed by atoms with Crippen molar-refractivity contribution in [2.24, 2.45) is 0 Å². The molecule has 1 N–H and O–H groups in total. The first kappa shape index (κ1) is 15.8. The lowest BCUT2D eigenvalue weighted by Crippen LogP contribution is -2.33. The van der Waals surface area contributed by atoms with Crippen LogP contribution in [0.3, 0.4) is 0 Å². The predicted molar refractivity (Wildman–Crippen MR) is 89.3 cm³/mol. The van der Waals surface area contributed by atoms with Crippen molar-refractivity contribution < 1.29 is 8.42 Å². The van der Waals surface area contributed by atoms with Crippen molar-refractivity contribution >= 4 is 26.5 Å². The van der Waals surface area contributed by atoms with E-state index in [1.807, 2.05) is 56.4 Å². The molecule has 0 aliphatic carbocycles. The Morgan fingerprint density at radius 1 is 1.10 bits per heavy atom. The average Bonchev–Trinajstić information content (AvgIpc) is 2.48. The summed E-state index contributed by atoms with van der Waals surface area (Å²) in [5, 5.41) is 5.01. The molecule has 4 nitrogen and oxygen atoms in total. The second-order valence-corrected chi connectivity index (χ2v) is 6.95. The van der Waals surface area contributed by atoms with Gasteiger partial charge in [0.25, 0.3) is 0 Å². The van der Waals surface area contributed by atoms with Crippen LogP contribution in [0.1, 0.15) is 13.3 Å². The van der Waals surface area contributed by atoms with Crippen LogP contribution in [0, 0.1) is 0 Å². The number of hydrogen-bond donors (Lipinski definition) is 1. The van der Waals surface area contributed by atoms with Crippen LogP contribution >= 0.6 is 0 Å². The molecule has 0 amide bonds. The summed E-state index contributed by atoms with van der Waals surface area (Å²) in [6, 6.07) is 13.7. The van der Waals surface area contributed by atoms with Crippen LogP contribution in [-0.4, -0.2) is 34.3 Å². The average molecular weight is 306 g/mol. The van der Waals surface area contributed by atoms with Crippen LogP contribution in [0.25, 0.3) is 10.8 Å². The standard InChI is InChI=1S/C16H22N2O2S/c1-3-18(21(19,20)13-7-12-17-2)16-11-6-9-14-8-4-5-10-15(14)16/h4-6,8-11,17H,3,7,12-13H2,1-2H3. The highest BCUT2D eigenvalue weighted by Gasteiger charge is 2.21. The molecule has 0 aromatic heterocycles. The van der Waals surface area contributed by atoms with Gasteiger partial charge in [-0.2, -0.15) is 0 Å². The Kier molecular flexibility index (Phi) is 5.20. The zero-order valence-corrected chi connectivity index (χ0v) is 13.4. The van der Waals surface area contributed by atoms with E-state index in [-0.39, 0.29) is 5.75 Å². The zero-order valence-electron chi connectivity index (χ0n) is 12.5. The van der Waals surface area contributed by atoms with Gasteiger partial charge in [-0.3, -0.25) is 4.31 Å². The lowest BCUT2D eigenvalue weighted by Gasteiger charge is -2.24. The molecular weight excluding hydrogens is 284 g/mol. The Labute approximate surface area is 126 Å².